The number of likely N-dealkylation sites (tertiary alicyclic amines) is 1. The van der Waals surface area contributed by atoms with Crippen LogP contribution in [-0.2, 0) is 15.8 Å². The first kappa shape index (κ1) is 27.4. The lowest BCUT2D eigenvalue weighted by Crippen LogP contribution is -2.58. The average Bonchev–Trinajstić information content (AvgIpc) is 3.61. The number of alkyl halides is 4. The number of hydrogen-bond acceptors (Lipinski definition) is 4. The van der Waals surface area contributed by atoms with Crippen molar-refractivity contribution >= 4 is 35.1 Å². The molecule has 0 radical (unpaired) electrons. The summed E-state index contributed by atoms with van der Waals surface area (Å²) in [5, 5.41) is 12.1. The minimum absolute atomic E-state index is 0.0135. The maximum Gasteiger partial charge on any atom is 0.417 e. The number of piperazine rings is 1. The molecule has 2 N–H and O–H groups in total. The molecule has 37 heavy (non-hydrogen) atoms. The third-order valence-corrected chi connectivity index (χ3v) is 7.95. The van der Waals surface area contributed by atoms with E-state index in [1.165, 1.54) is 21.6 Å². The highest BCUT2D eigenvalue weighted by Gasteiger charge is 2.52. The number of carbonyl (C=O) groups is 3. The lowest BCUT2D eigenvalue weighted by molar-refractivity contribution is -0.144. The van der Waals surface area contributed by atoms with E-state index in [1.807, 2.05) is 0 Å². The van der Waals surface area contributed by atoms with Gasteiger partial charge in [-0.05, 0) is 49.8 Å². The van der Waals surface area contributed by atoms with Crippen LogP contribution in [0.25, 0.3) is 0 Å². The molecule has 4 amide bonds. The molecule has 8 nitrogen and oxygen atoms in total. The molecule has 2 aliphatic heterocycles. The zero-order valence-electron chi connectivity index (χ0n) is 20.2. The number of benzene rings is 1. The van der Waals surface area contributed by atoms with Gasteiger partial charge in [0.1, 0.15) is 6.04 Å². The summed E-state index contributed by atoms with van der Waals surface area (Å²) in [5.74, 6) is -1.13. The first-order valence-electron chi connectivity index (χ1n) is 12.2. The Morgan fingerprint density at radius 1 is 1.22 bits per heavy atom. The molecule has 3 fully saturated rings. The molecule has 0 bridgehead atoms. The highest BCUT2D eigenvalue weighted by Crippen LogP contribution is 2.53. The van der Waals surface area contributed by atoms with Gasteiger partial charge in [0, 0.05) is 44.8 Å². The van der Waals surface area contributed by atoms with E-state index < -0.39 is 52.9 Å². The number of halogens is 5. The van der Waals surface area contributed by atoms with Crippen LogP contribution < -0.4 is 5.32 Å². The monoisotopic (exact) mass is 548 g/mol. The lowest BCUT2D eigenvalue weighted by Gasteiger charge is -2.39. The van der Waals surface area contributed by atoms with Crippen molar-refractivity contribution in [2.45, 2.75) is 57.1 Å². The van der Waals surface area contributed by atoms with Gasteiger partial charge in [-0.25, -0.2) is 9.18 Å². The second-order valence-electron chi connectivity index (χ2n) is 9.99. The fourth-order valence-electron chi connectivity index (χ4n) is 5.00. The number of anilines is 1. The number of amides is 4. The fraction of sp³-hybridized carbons (Fsp3) is 0.625. The van der Waals surface area contributed by atoms with Gasteiger partial charge in [0.2, 0.25) is 5.91 Å². The molecule has 1 saturated carbocycles. The first-order chi connectivity index (χ1) is 17.3. The molecule has 1 aliphatic carbocycles. The van der Waals surface area contributed by atoms with Crippen LogP contribution in [0.5, 0.6) is 0 Å². The fourth-order valence-corrected chi connectivity index (χ4v) is 5.29. The molecule has 2 heterocycles. The van der Waals surface area contributed by atoms with Crippen LogP contribution in [0.1, 0.15) is 38.2 Å². The lowest BCUT2D eigenvalue weighted by atomic mass is 9.90. The number of carbonyl (C=O) groups excluding carboxylic acids is 3. The number of β-amino-alcohol motifs (C(OH)–C–C–N with tert-alkyl or cyclic N) is 1. The van der Waals surface area contributed by atoms with E-state index in [2.05, 4.69) is 5.32 Å². The van der Waals surface area contributed by atoms with E-state index >= 15 is 0 Å². The summed E-state index contributed by atoms with van der Waals surface area (Å²) in [5.41, 5.74) is -1.09. The summed E-state index contributed by atoms with van der Waals surface area (Å²) in [6.07, 6.45) is -4.77. The van der Waals surface area contributed by atoms with Crippen molar-refractivity contribution < 1.29 is 37.1 Å². The molecule has 3 atom stereocenters. The van der Waals surface area contributed by atoms with Crippen molar-refractivity contribution in [1.82, 2.24) is 14.7 Å². The Morgan fingerprint density at radius 3 is 2.51 bits per heavy atom. The molecular formula is C24H29ClF4N4O4. The second kappa shape index (κ2) is 10.3. The van der Waals surface area contributed by atoms with Gasteiger partial charge in [0.25, 0.3) is 5.91 Å². The number of aliphatic hydroxyl groups excluding tert-OH is 1. The zero-order chi connectivity index (χ0) is 27.1. The topological polar surface area (TPSA) is 93.2 Å². The van der Waals surface area contributed by atoms with E-state index in [9.17, 15) is 37.1 Å². The Bertz CT molecular complexity index is 1070. The quantitative estimate of drug-likeness (QED) is 0.551. The Labute approximate surface area is 216 Å². The number of nitrogens with one attached hydrogen (secondary N) is 1. The molecule has 1 spiro atoms. The number of urea groups is 1. The van der Waals surface area contributed by atoms with Crippen molar-refractivity contribution in [2.24, 2.45) is 5.41 Å². The SMILES string of the molecule is CC1C(=O)N(CCC(F)C(=O)N2CCC3(CC3)C(O)C2)CCN1C(=O)Nc1ccc(C(F)(F)F)c(Cl)c1. The van der Waals surface area contributed by atoms with Crippen LogP contribution in [-0.4, -0.2) is 88.7 Å². The molecule has 0 aromatic heterocycles. The highest BCUT2D eigenvalue weighted by molar-refractivity contribution is 6.31. The van der Waals surface area contributed by atoms with Gasteiger partial charge in [-0.1, -0.05) is 11.6 Å². The third kappa shape index (κ3) is 5.79. The molecule has 3 aliphatic rings. The van der Waals surface area contributed by atoms with E-state index in [0.717, 1.165) is 31.0 Å². The normalized spacial score (nSPS) is 24.3. The largest absolute Gasteiger partial charge is 0.417 e. The van der Waals surface area contributed by atoms with Crippen molar-refractivity contribution in [3.63, 3.8) is 0 Å². The summed E-state index contributed by atoms with van der Waals surface area (Å²) in [6, 6.07) is 1.22. The van der Waals surface area contributed by atoms with Gasteiger partial charge >= 0.3 is 12.2 Å². The van der Waals surface area contributed by atoms with Crippen LogP contribution in [0, 0.1) is 5.41 Å². The second-order valence-corrected chi connectivity index (χ2v) is 10.4. The van der Waals surface area contributed by atoms with Gasteiger partial charge in [-0.3, -0.25) is 9.59 Å². The summed E-state index contributed by atoms with van der Waals surface area (Å²) >= 11 is 5.69. The summed E-state index contributed by atoms with van der Waals surface area (Å²) in [4.78, 5) is 42.0. The number of hydrogen-bond donors (Lipinski definition) is 2. The predicted molar refractivity (Wildman–Crippen MR) is 127 cm³/mol. The highest BCUT2D eigenvalue weighted by atomic mass is 35.5. The van der Waals surface area contributed by atoms with Gasteiger partial charge < -0.3 is 25.1 Å². The Morgan fingerprint density at radius 2 is 1.92 bits per heavy atom. The predicted octanol–water partition coefficient (Wildman–Crippen LogP) is 3.53. The summed E-state index contributed by atoms with van der Waals surface area (Å²) < 4.78 is 53.4. The third-order valence-electron chi connectivity index (χ3n) is 7.64. The van der Waals surface area contributed by atoms with Gasteiger partial charge in [-0.15, -0.1) is 0 Å². The number of aliphatic hydroxyl groups is 1. The maximum atomic E-state index is 14.7. The van der Waals surface area contributed by atoms with Crippen LogP contribution in [0.4, 0.5) is 28.0 Å². The summed E-state index contributed by atoms with van der Waals surface area (Å²) in [6.45, 7) is 2.22. The Balaban J connectivity index is 1.27. The molecule has 13 heteroatoms. The number of piperidine rings is 1. The van der Waals surface area contributed by atoms with Crippen molar-refractivity contribution in [3.05, 3.63) is 28.8 Å². The minimum atomic E-state index is -4.63. The van der Waals surface area contributed by atoms with Crippen LogP contribution in [0.15, 0.2) is 18.2 Å². The maximum absolute atomic E-state index is 14.7. The number of nitrogens with zero attached hydrogens (tertiary/aromatic N) is 3. The smallest absolute Gasteiger partial charge is 0.391 e. The Kier molecular flexibility index (Phi) is 7.62. The molecule has 4 rings (SSSR count). The van der Waals surface area contributed by atoms with Crippen molar-refractivity contribution in [3.8, 4) is 0 Å². The average molecular weight is 549 g/mol. The molecule has 3 unspecified atom stereocenters. The van der Waals surface area contributed by atoms with E-state index in [4.69, 9.17) is 11.6 Å². The number of rotatable bonds is 5. The molecule has 2 saturated heterocycles. The Hall–Kier alpha value is -2.60. The van der Waals surface area contributed by atoms with Gasteiger partial charge in [-0.2, -0.15) is 13.2 Å². The summed E-state index contributed by atoms with van der Waals surface area (Å²) in [7, 11) is 0. The van der Waals surface area contributed by atoms with E-state index in [0.29, 0.717) is 13.0 Å². The van der Waals surface area contributed by atoms with Crippen LogP contribution in [0.2, 0.25) is 5.02 Å². The van der Waals surface area contributed by atoms with Crippen molar-refractivity contribution in [1.29, 1.82) is 0 Å². The molecular weight excluding hydrogens is 520 g/mol. The van der Waals surface area contributed by atoms with Crippen LogP contribution in [0.3, 0.4) is 0 Å². The van der Waals surface area contributed by atoms with Gasteiger partial charge in [0.15, 0.2) is 6.17 Å². The molecule has 1 aromatic carbocycles. The standard InChI is InChI=1S/C24H29ClF4N4O4/c1-14-20(35)31(8-4-18(26)21(36)32-9-7-23(5-6-23)19(34)13-32)10-11-33(14)22(37)30-15-2-3-16(17(25)12-15)24(27,28)29/h2-3,12,14,18-19,34H,4-11,13H2,1H3,(H,30,37). The van der Waals surface area contributed by atoms with Gasteiger partial charge in [0.05, 0.1) is 16.7 Å². The van der Waals surface area contributed by atoms with E-state index in [1.54, 1.807) is 0 Å². The van der Waals surface area contributed by atoms with Crippen molar-refractivity contribution in [2.75, 3.05) is 38.0 Å². The first-order valence-corrected chi connectivity index (χ1v) is 12.5. The minimum Gasteiger partial charge on any atom is -0.391 e. The molecule has 1 aromatic rings. The van der Waals surface area contributed by atoms with E-state index in [-0.39, 0.29) is 43.7 Å². The van der Waals surface area contributed by atoms with Crippen LogP contribution >= 0.6 is 11.6 Å². The zero-order valence-corrected chi connectivity index (χ0v) is 21.0. The molecule has 204 valence electrons.